The van der Waals surface area contributed by atoms with E-state index in [0.29, 0.717) is 80.2 Å². The van der Waals surface area contributed by atoms with Crippen LogP contribution in [0.5, 0.6) is 0 Å². The summed E-state index contributed by atoms with van der Waals surface area (Å²) in [6.07, 6.45) is -0.269. The minimum absolute atomic E-state index is 0.00848. The molecule has 2 aromatic carbocycles. The smallest absolute Gasteiger partial charge is 0.163 e. The molecule has 2 aliphatic heterocycles. The standard InChI is InChI=1S/C31H35F2N7O4S/c1-19-18-44-14-11-40(19)31-24-15-21(22-3-2-4-23(28(22)33)25(32)7-8-36-45(41)42)16-26(39-9-12-43-13-10-39)29(24)37-30(38-31)20-5-6-27(34)35-17-20/h2-6,15-17,19,25,36H,7-14,18H2,1H3,(H2,34,35)(H,41,42)/p-1. The fraction of sp³-hybridized carbons (Fsp3) is 0.387. The first-order chi connectivity index (χ1) is 21.8. The van der Waals surface area contributed by atoms with Gasteiger partial charge in [0.05, 0.1) is 43.7 Å². The zero-order valence-corrected chi connectivity index (χ0v) is 25.6. The van der Waals surface area contributed by atoms with Crippen molar-refractivity contribution in [1.29, 1.82) is 0 Å². The van der Waals surface area contributed by atoms with Gasteiger partial charge < -0.3 is 29.6 Å². The van der Waals surface area contributed by atoms with E-state index >= 15 is 8.78 Å². The second-order valence-corrected chi connectivity index (χ2v) is 11.8. The molecule has 3 unspecified atom stereocenters. The van der Waals surface area contributed by atoms with E-state index in [2.05, 4.69) is 26.4 Å². The van der Waals surface area contributed by atoms with Crippen molar-refractivity contribution in [3.8, 4) is 22.5 Å². The van der Waals surface area contributed by atoms with Gasteiger partial charge >= 0.3 is 0 Å². The normalized spacial score (nSPS) is 18.7. The molecule has 2 aliphatic rings. The van der Waals surface area contributed by atoms with Crippen molar-refractivity contribution >= 4 is 39.5 Å². The van der Waals surface area contributed by atoms with E-state index in [1.54, 1.807) is 24.4 Å². The van der Waals surface area contributed by atoms with Crippen LogP contribution in [0.4, 0.5) is 26.1 Å². The Balaban J connectivity index is 1.54. The molecule has 0 amide bonds. The number of ether oxygens (including phenoxy) is 2. The highest BCUT2D eigenvalue weighted by molar-refractivity contribution is 7.77. The van der Waals surface area contributed by atoms with Crippen LogP contribution < -0.4 is 20.3 Å². The number of alkyl halides is 1. The Morgan fingerprint density at radius 2 is 1.91 bits per heavy atom. The largest absolute Gasteiger partial charge is 0.760 e. The summed E-state index contributed by atoms with van der Waals surface area (Å²) in [6.45, 7) is 5.80. The van der Waals surface area contributed by atoms with Crippen molar-refractivity contribution in [3.05, 3.63) is 60.0 Å². The quantitative estimate of drug-likeness (QED) is 0.259. The first-order valence-corrected chi connectivity index (χ1v) is 15.9. The summed E-state index contributed by atoms with van der Waals surface area (Å²) < 4.78 is 66.4. The van der Waals surface area contributed by atoms with Gasteiger partial charge in [-0.15, -0.1) is 0 Å². The van der Waals surface area contributed by atoms with Crippen molar-refractivity contribution in [2.24, 2.45) is 0 Å². The molecule has 0 saturated carbocycles. The molecular weight excluding hydrogens is 604 g/mol. The minimum Gasteiger partial charge on any atom is -0.760 e. The number of morpholine rings is 2. The summed E-state index contributed by atoms with van der Waals surface area (Å²) in [5, 5.41) is 0.721. The van der Waals surface area contributed by atoms with Crippen LogP contribution in [-0.4, -0.2) is 82.4 Å². The Bertz CT molecular complexity index is 1690. The number of nitrogens with zero attached hydrogens (tertiary/aromatic N) is 5. The molecule has 0 radical (unpaired) electrons. The molecule has 45 heavy (non-hydrogen) atoms. The maximum Gasteiger partial charge on any atom is 0.163 e. The second kappa shape index (κ2) is 13.7. The number of aromatic nitrogens is 3. The summed E-state index contributed by atoms with van der Waals surface area (Å²) >= 11 is -2.53. The Morgan fingerprint density at radius 3 is 2.64 bits per heavy atom. The lowest BCUT2D eigenvalue weighted by molar-refractivity contribution is 0.0987. The molecule has 4 heterocycles. The first kappa shape index (κ1) is 31.2. The Hall–Kier alpha value is -3.82. The molecule has 2 saturated heterocycles. The van der Waals surface area contributed by atoms with Gasteiger partial charge in [-0.05, 0) is 43.2 Å². The summed E-state index contributed by atoms with van der Waals surface area (Å²) in [6, 6.07) is 11.9. The van der Waals surface area contributed by atoms with Gasteiger partial charge in [-0.3, -0.25) is 4.21 Å². The summed E-state index contributed by atoms with van der Waals surface area (Å²) in [7, 11) is 0. The van der Waals surface area contributed by atoms with Crippen molar-refractivity contribution in [2.45, 2.75) is 25.6 Å². The van der Waals surface area contributed by atoms with E-state index in [0.717, 1.165) is 11.1 Å². The van der Waals surface area contributed by atoms with E-state index in [4.69, 9.17) is 25.2 Å². The lowest BCUT2D eigenvalue weighted by Crippen LogP contribution is -2.44. The Labute approximate surface area is 262 Å². The van der Waals surface area contributed by atoms with Crippen LogP contribution in [0.2, 0.25) is 0 Å². The number of hydrogen-bond acceptors (Lipinski definition) is 10. The number of rotatable bonds is 9. The first-order valence-electron chi connectivity index (χ1n) is 14.8. The van der Waals surface area contributed by atoms with Crippen molar-refractivity contribution in [2.75, 3.05) is 68.1 Å². The van der Waals surface area contributed by atoms with Crippen LogP contribution in [0.3, 0.4) is 0 Å². The van der Waals surface area contributed by atoms with Crippen LogP contribution in [0.25, 0.3) is 33.4 Å². The highest BCUT2D eigenvalue weighted by atomic mass is 32.2. The molecule has 3 N–H and O–H groups in total. The number of fused-ring (bicyclic) bond motifs is 1. The van der Waals surface area contributed by atoms with E-state index in [1.165, 1.54) is 6.07 Å². The molecule has 4 aromatic rings. The molecule has 6 rings (SSSR count). The summed E-state index contributed by atoms with van der Waals surface area (Å²) in [5.74, 6) is 0.839. The highest BCUT2D eigenvalue weighted by Crippen LogP contribution is 2.40. The molecule has 0 aliphatic carbocycles. The maximum atomic E-state index is 16.1. The fourth-order valence-corrected chi connectivity index (χ4v) is 6.05. The number of anilines is 3. The van der Waals surface area contributed by atoms with Gasteiger partial charge in [0.15, 0.2) is 5.82 Å². The molecule has 238 valence electrons. The number of halogens is 2. The van der Waals surface area contributed by atoms with E-state index in [-0.39, 0.29) is 30.1 Å². The molecule has 0 spiro atoms. The van der Waals surface area contributed by atoms with Gasteiger partial charge in [0, 0.05) is 65.7 Å². The monoisotopic (exact) mass is 638 g/mol. The number of benzene rings is 2. The van der Waals surface area contributed by atoms with Crippen LogP contribution in [0, 0.1) is 5.82 Å². The number of nitrogen functional groups attached to an aromatic ring is 1. The average Bonchev–Trinajstić information content (AvgIpc) is 3.05. The number of nitrogens with one attached hydrogen (secondary N) is 1. The Morgan fingerprint density at radius 1 is 1.11 bits per heavy atom. The van der Waals surface area contributed by atoms with Gasteiger partial charge in [0.25, 0.3) is 0 Å². The predicted molar refractivity (Wildman–Crippen MR) is 169 cm³/mol. The van der Waals surface area contributed by atoms with Crippen LogP contribution in [0.1, 0.15) is 25.1 Å². The van der Waals surface area contributed by atoms with Crippen LogP contribution in [-0.2, 0) is 20.7 Å². The SMILES string of the molecule is CC1COCCN1c1nc(-c2ccc(N)nc2)nc2c(N3CCOCC3)cc(-c3cccc(C(F)CCNS(=O)[O-])c3F)cc12. The zero-order chi connectivity index (χ0) is 31.5. The molecule has 2 aromatic heterocycles. The minimum atomic E-state index is -2.53. The van der Waals surface area contributed by atoms with E-state index in [1.807, 2.05) is 18.2 Å². The lowest BCUT2D eigenvalue weighted by atomic mass is 9.96. The van der Waals surface area contributed by atoms with Crippen molar-refractivity contribution in [3.63, 3.8) is 0 Å². The van der Waals surface area contributed by atoms with Gasteiger partial charge in [-0.2, -0.15) is 0 Å². The molecule has 11 nitrogen and oxygen atoms in total. The number of pyridine rings is 1. The zero-order valence-electron chi connectivity index (χ0n) is 24.7. The average molecular weight is 639 g/mol. The molecule has 14 heteroatoms. The molecule has 0 bridgehead atoms. The van der Waals surface area contributed by atoms with Crippen LogP contribution >= 0.6 is 0 Å². The van der Waals surface area contributed by atoms with E-state index in [9.17, 15) is 8.76 Å². The van der Waals surface area contributed by atoms with Gasteiger partial charge in [0.2, 0.25) is 0 Å². The fourth-order valence-electron chi connectivity index (χ4n) is 5.77. The maximum absolute atomic E-state index is 16.1. The van der Waals surface area contributed by atoms with Gasteiger partial charge in [-0.25, -0.2) is 28.5 Å². The molecule has 2 fully saturated rings. The number of nitrogens with two attached hydrogens (primary N) is 1. The third kappa shape index (κ3) is 6.75. The van der Waals surface area contributed by atoms with Crippen LogP contribution in [0.15, 0.2) is 48.7 Å². The molecule has 3 atom stereocenters. The van der Waals surface area contributed by atoms with E-state index < -0.39 is 23.3 Å². The topological polar surface area (TPSA) is 142 Å². The van der Waals surface area contributed by atoms with Gasteiger partial charge in [-0.1, -0.05) is 18.2 Å². The molecular formula is C31H34F2N7O4S-. The highest BCUT2D eigenvalue weighted by Gasteiger charge is 2.27. The lowest BCUT2D eigenvalue weighted by Gasteiger charge is -2.36. The third-order valence-corrected chi connectivity index (χ3v) is 8.53. The van der Waals surface area contributed by atoms with Crippen molar-refractivity contribution in [1.82, 2.24) is 19.7 Å². The predicted octanol–water partition coefficient (Wildman–Crippen LogP) is 3.93. The summed E-state index contributed by atoms with van der Waals surface area (Å²) in [5.41, 5.74) is 8.66. The summed E-state index contributed by atoms with van der Waals surface area (Å²) in [4.78, 5) is 18.7. The van der Waals surface area contributed by atoms with Gasteiger partial charge in [0.1, 0.15) is 23.6 Å². The second-order valence-electron chi connectivity index (χ2n) is 11.0. The number of hydrogen-bond donors (Lipinski definition) is 2. The third-order valence-electron chi connectivity index (χ3n) is 8.09. The van der Waals surface area contributed by atoms with Crippen molar-refractivity contribution < 1.29 is 27.0 Å². The Kier molecular flexibility index (Phi) is 9.47.